The predicted molar refractivity (Wildman–Crippen MR) is 102 cm³/mol. The normalized spacial score (nSPS) is 11.4. The van der Waals surface area contributed by atoms with Gasteiger partial charge in [-0.25, -0.2) is 9.78 Å². The van der Waals surface area contributed by atoms with Crippen molar-refractivity contribution >= 4 is 45.1 Å². The van der Waals surface area contributed by atoms with Crippen LogP contribution in [0.25, 0.3) is 27.8 Å². The zero-order chi connectivity index (χ0) is 17.1. The Labute approximate surface area is 149 Å². The standard InChI is InChI=1S/C21H15NO2S/c23-21(12-11-15-6-5-13-25-15)24-14-20-18-9-2-1-7-16(18)17-8-3-4-10-19(17)22-20/h1-13H,14H2. The van der Waals surface area contributed by atoms with Gasteiger partial charge in [0.05, 0.1) is 11.2 Å². The molecule has 0 fully saturated rings. The molecule has 2 aromatic carbocycles. The van der Waals surface area contributed by atoms with Gasteiger partial charge in [0.1, 0.15) is 6.61 Å². The van der Waals surface area contributed by atoms with Gasteiger partial charge in [0.25, 0.3) is 0 Å². The monoisotopic (exact) mass is 345 g/mol. The molecule has 25 heavy (non-hydrogen) atoms. The molecule has 0 spiro atoms. The van der Waals surface area contributed by atoms with Gasteiger partial charge >= 0.3 is 5.97 Å². The van der Waals surface area contributed by atoms with Crippen molar-refractivity contribution in [1.82, 2.24) is 4.98 Å². The summed E-state index contributed by atoms with van der Waals surface area (Å²) in [5.41, 5.74) is 1.67. The maximum atomic E-state index is 12.0. The molecule has 0 saturated carbocycles. The number of hydrogen-bond acceptors (Lipinski definition) is 4. The van der Waals surface area contributed by atoms with E-state index in [0.717, 1.165) is 32.2 Å². The average Bonchev–Trinajstić information content (AvgIpc) is 3.18. The molecule has 0 aliphatic heterocycles. The van der Waals surface area contributed by atoms with Crippen LogP contribution in [0, 0.1) is 0 Å². The second-order valence-electron chi connectivity index (χ2n) is 5.58. The van der Waals surface area contributed by atoms with E-state index < -0.39 is 0 Å². The summed E-state index contributed by atoms with van der Waals surface area (Å²) in [7, 11) is 0. The number of carbonyl (C=O) groups excluding carboxylic acids is 1. The van der Waals surface area contributed by atoms with Crippen LogP contribution < -0.4 is 0 Å². The summed E-state index contributed by atoms with van der Waals surface area (Å²) in [6.45, 7) is 0.152. The van der Waals surface area contributed by atoms with Crippen molar-refractivity contribution in [2.24, 2.45) is 0 Å². The summed E-state index contributed by atoms with van der Waals surface area (Å²) in [6, 6.07) is 20.0. The lowest BCUT2D eigenvalue weighted by Gasteiger charge is -2.09. The van der Waals surface area contributed by atoms with Crippen LogP contribution >= 0.6 is 11.3 Å². The first-order valence-corrected chi connectivity index (χ1v) is 8.84. The third-order valence-corrected chi connectivity index (χ3v) is 4.80. The number of nitrogens with zero attached hydrogens (tertiary/aromatic N) is 1. The number of ether oxygens (including phenoxy) is 1. The second kappa shape index (κ2) is 6.87. The summed E-state index contributed by atoms with van der Waals surface area (Å²) in [4.78, 5) is 17.7. The molecule has 0 unspecified atom stereocenters. The van der Waals surface area contributed by atoms with Crippen molar-refractivity contribution in [2.75, 3.05) is 0 Å². The highest BCUT2D eigenvalue weighted by atomic mass is 32.1. The molecule has 0 amide bonds. The number of fused-ring (bicyclic) bond motifs is 3. The van der Waals surface area contributed by atoms with E-state index in [0.29, 0.717) is 0 Å². The molecule has 0 aliphatic rings. The largest absolute Gasteiger partial charge is 0.456 e. The predicted octanol–water partition coefficient (Wildman–Crippen LogP) is 5.21. The second-order valence-corrected chi connectivity index (χ2v) is 6.56. The van der Waals surface area contributed by atoms with Crippen molar-refractivity contribution in [3.8, 4) is 0 Å². The molecular formula is C21H15NO2S. The molecule has 0 aliphatic carbocycles. The lowest BCUT2D eigenvalue weighted by molar-refractivity contribution is -0.138. The zero-order valence-electron chi connectivity index (χ0n) is 13.4. The van der Waals surface area contributed by atoms with Crippen LogP contribution in [-0.2, 0) is 16.1 Å². The summed E-state index contributed by atoms with van der Waals surface area (Å²) < 4.78 is 5.40. The zero-order valence-corrected chi connectivity index (χ0v) is 14.2. The Morgan fingerprint density at radius 2 is 1.72 bits per heavy atom. The van der Waals surface area contributed by atoms with E-state index >= 15 is 0 Å². The van der Waals surface area contributed by atoms with Gasteiger partial charge in [0, 0.05) is 21.7 Å². The van der Waals surface area contributed by atoms with Gasteiger partial charge in [-0.1, -0.05) is 48.5 Å². The molecule has 2 heterocycles. The Balaban J connectivity index is 1.61. The summed E-state index contributed by atoms with van der Waals surface area (Å²) >= 11 is 1.58. The van der Waals surface area contributed by atoms with E-state index in [9.17, 15) is 4.79 Å². The van der Waals surface area contributed by atoms with Gasteiger partial charge < -0.3 is 4.74 Å². The number of thiophene rings is 1. The van der Waals surface area contributed by atoms with E-state index in [1.165, 1.54) is 6.08 Å². The first-order chi connectivity index (χ1) is 12.3. The number of rotatable bonds is 4. The number of aromatic nitrogens is 1. The third kappa shape index (κ3) is 3.30. The van der Waals surface area contributed by atoms with Crippen LogP contribution in [0.3, 0.4) is 0 Å². The number of para-hydroxylation sites is 1. The van der Waals surface area contributed by atoms with Gasteiger partial charge in [0.15, 0.2) is 0 Å². The lowest BCUT2D eigenvalue weighted by Crippen LogP contribution is -2.03. The molecule has 3 nitrogen and oxygen atoms in total. The first kappa shape index (κ1) is 15.5. The Bertz CT molecular complexity index is 1070. The maximum Gasteiger partial charge on any atom is 0.331 e. The minimum absolute atomic E-state index is 0.152. The number of hydrogen-bond donors (Lipinski definition) is 0. The van der Waals surface area contributed by atoms with Gasteiger partial charge in [-0.05, 0) is 29.0 Å². The Morgan fingerprint density at radius 3 is 2.52 bits per heavy atom. The van der Waals surface area contributed by atoms with Crippen molar-refractivity contribution in [3.63, 3.8) is 0 Å². The molecule has 2 aromatic heterocycles. The molecule has 122 valence electrons. The first-order valence-electron chi connectivity index (χ1n) is 7.96. The average molecular weight is 345 g/mol. The molecule has 0 saturated heterocycles. The minimum Gasteiger partial charge on any atom is -0.456 e. The highest BCUT2D eigenvalue weighted by Crippen LogP contribution is 2.26. The van der Waals surface area contributed by atoms with Crippen LogP contribution in [0.2, 0.25) is 0 Å². The SMILES string of the molecule is O=C(C=Cc1cccs1)OCc1nc2ccccc2c2ccccc12. The van der Waals surface area contributed by atoms with Gasteiger partial charge in [-0.15, -0.1) is 11.3 Å². The van der Waals surface area contributed by atoms with Gasteiger partial charge in [0.2, 0.25) is 0 Å². The van der Waals surface area contributed by atoms with Crippen molar-refractivity contribution in [1.29, 1.82) is 0 Å². The molecule has 4 aromatic rings. The fourth-order valence-electron chi connectivity index (χ4n) is 2.81. The van der Waals surface area contributed by atoms with Crippen LogP contribution in [-0.4, -0.2) is 11.0 Å². The molecule has 4 rings (SSSR count). The molecule has 0 bridgehead atoms. The Hall–Kier alpha value is -2.98. The van der Waals surface area contributed by atoms with Crippen LogP contribution in [0.5, 0.6) is 0 Å². The van der Waals surface area contributed by atoms with Crippen LogP contribution in [0.15, 0.2) is 72.1 Å². The quantitative estimate of drug-likeness (QED) is 0.290. The molecule has 4 heteroatoms. The molecular weight excluding hydrogens is 330 g/mol. The fraction of sp³-hybridized carbons (Fsp3) is 0.0476. The highest BCUT2D eigenvalue weighted by Gasteiger charge is 2.09. The van der Waals surface area contributed by atoms with E-state index in [1.54, 1.807) is 17.4 Å². The van der Waals surface area contributed by atoms with E-state index in [2.05, 4.69) is 17.1 Å². The maximum absolute atomic E-state index is 12.0. The van der Waals surface area contributed by atoms with Crippen molar-refractivity contribution < 1.29 is 9.53 Å². The lowest BCUT2D eigenvalue weighted by atomic mass is 10.0. The number of carbonyl (C=O) groups is 1. The smallest absolute Gasteiger partial charge is 0.331 e. The van der Waals surface area contributed by atoms with Crippen molar-refractivity contribution in [3.05, 3.63) is 82.7 Å². The third-order valence-electron chi connectivity index (χ3n) is 3.97. The molecule has 0 radical (unpaired) electrons. The molecule has 0 N–H and O–H groups in total. The summed E-state index contributed by atoms with van der Waals surface area (Å²) in [5.74, 6) is -0.368. The highest BCUT2D eigenvalue weighted by molar-refractivity contribution is 7.10. The van der Waals surface area contributed by atoms with Gasteiger partial charge in [-0.2, -0.15) is 0 Å². The Kier molecular flexibility index (Phi) is 4.27. The number of benzene rings is 2. The number of esters is 1. The van der Waals surface area contributed by atoms with E-state index in [-0.39, 0.29) is 12.6 Å². The summed E-state index contributed by atoms with van der Waals surface area (Å²) in [5, 5.41) is 5.20. The number of pyridine rings is 1. The van der Waals surface area contributed by atoms with Crippen molar-refractivity contribution in [2.45, 2.75) is 6.61 Å². The van der Waals surface area contributed by atoms with E-state index in [1.807, 2.05) is 53.9 Å². The Morgan fingerprint density at radius 1 is 0.960 bits per heavy atom. The van der Waals surface area contributed by atoms with Crippen LogP contribution in [0.1, 0.15) is 10.6 Å². The summed E-state index contributed by atoms with van der Waals surface area (Å²) in [6.07, 6.45) is 3.22. The fourth-order valence-corrected chi connectivity index (χ4v) is 3.43. The molecule has 0 atom stereocenters. The topological polar surface area (TPSA) is 39.2 Å². The van der Waals surface area contributed by atoms with E-state index in [4.69, 9.17) is 4.74 Å². The minimum atomic E-state index is -0.368. The van der Waals surface area contributed by atoms with Crippen LogP contribution in [0.4, 0.5) is 0 Å². The van der Waals surface area contributed by atoms with Gasteiger partial charge in [-0.3, -0.25) is 0 Å².